The Kier molecular flexibility index (Phi) is 10.4. The summed E-state index contributed by atoms with van der Waals surface area (Å²) in [6.07, 6.45) is -4.42. The van der Waals surface area contributed by atoms with Crippen LogP contribution >= 0.6 is 22.9 Å². The minimum atomic E-state index is -4.42. The summed E-state index contributed by atoms with van der Waals surface area (Å²) in [4.78, 5) is 24.6. The molecule has 1 amide bonds. The zero-order valence-corrected chi connectivity index (χ0v) is 27.2. The van der Waals surface area contributed by atoms with Gasteiger partial charge in [0, 0.05) is 49.7 Å². The maximum atomic E-state index is 13.6. The Labute approximate surface area is 281 Å². The average Bonchev–Trinajstić information content (AvgIpc) is 3.55. The second-order valence-electron chi connectivity index (χ2n) is 11.6. The van der Waals surface area contributed by atoms with E-state index in [2.05, 4.69) is 53.4 Å². The van der Waals surface area contributed by atoms with Crippen LogP contribution in [-0.4, -0.2) is 51.8 Å². The SMILES string of the molecule is O=C(c1csc(CN(Cc2ccc(Cl)cc2)Cc2cccc(C(F)(F)F)c2)n1)N1CCN(C(c2ccccc2)c2ccccc2)CC1. The summed E-state index contributed by atoms with van der Waals surface area (Å²) < 4.78 is 40.2. The van der Waals surface area contributed by atoms with Gasteiger partial charge in [-0.25, -0.2) is 4.98 Å². The van der Waals surface area contributed by atoms with Crippen molar-refractivity contribution in [3.8, 4) is 0 Å². The standard InChI is InChI=1S/C37H34ClF3N4OS/c38-32-16-14-27(15-17-32)23-43(24-28-8-7-13-31(22-28)37(39,40)41)25-34-42-33(26-47-34)36(46)45-20-18-44(19-21-45)35(29-9-3-1-4-10-29)30-11-5-2-6-12-30/h1-17,22,26,35H,18-21,23-25H2. The van der Waals surface area contributed by atoms with Crippen LogP contribution < -0.4 is 0 Å². The number of hydrogen-bond acceptors (Lipinski definition) is 5. The molecule has 5 aromatic rings. The van der Waals surface area contributed by atoms with E-state index in [0.717, 1.165) is 29.7 Å². The van der Waals surface area contributed by atoms with E-state index in [1.807, 2.05) is 34.1 Å². The lowest BCUT2D eigenvalue weighted by Gasteiger charge is -2.39. The molecule has 0 spiro atoms. The highest BCUT2D eigenvalue weighted by atomic mass is 35.5. The van der Waals surface area contributed by atoms with Gasteiger partial charge < -0.3 is 4.90 Å². The van der Waals surface area contributed by atoms with E-state index in [1.165, 1.54) is 34.6 Å². The molecule has 4 aromatic carbocycles. The van der Waals surface area contributed by atoms with Gasteiger partial charge in [0.1, 0.15) is 10.7 Å². The Bertz CT molecular complexity index is 1720. The maximum absolute atomic E-state index is 13.6. The summed E-state index contributed by atoms with van der Waals surface area (Å²) in [5.41, 5.74) is 3.67. The van der Waals surface area contributed by atoms with Gasteiger partial charge in [0.2, 0.25) is 0 Å². The topological polar surface area (TPSA) is 39.7 Å². The number of hydrogen-bond donors (Lipinski definition) is 0. The van der Waals surface area contributed by atoms with Crippen molar-refractivity contribution in [3.05, 3.63) is 158 Å². The van der Waals surface area contributed by atoms with Crippen LogP contribution in [0.15, 0.2) is 115 Å². The molecule has 1 fully saturated rings. The Hall–Kier alpha value is -4.02. The fourth-order valence-corrected chi connectivity index (χ4v) is 6.96. The van der Waals surface area contributed by atoms with E-state index in [9.17, 15) is 18.0 Å². The first-order chi connectivity index (χ1) is 22.7. The van der Waals surface area contributed by atoms with Gasteiger partial charge in [-0.2, -0.15) is 13.2 Å². The molecule has 6 rings (SSSR count). The van der Waals surface area contributed by atoms with Crippen molar-refractivity contribution in [1.29, 1.82) is 0 Å². The molecule has 0 saturated carbocycles. The summed E-state index contributed by atoms with van der Waals surface area (Å²) >= 11 is 7.47. The summed E-state index contributed by atoms with van der Waals surface area (Å²) in [6, 6.07) is 33.7. The lowest BCUT2D eigenvalue weighted by molar-refractivity contribution is -0.137. The molecule has 0 bridgehead atoms. The minimum Gasteiger partial charge on any atom is -0.335 e. The van der Waals surface area contributed by atoms with Crippen LogP contribution in [0.25, 0.3) is 0 Å². The van der Waals surface area contributed by atoms with Crippen LogP contribution in [0.2, 0.25) is 5.02 Å². The number of carbonyl (C=O) groups is 1. The molecular formula is C37H34ClF3N4OS. The smallest absolute Gasteiger partial charge is 0.335 e. The number of aromatic nitrogens is 1. The Morgan fingerprint density at radius 2 is 1.40 bits per heavy atom. The van der Waals surface area contributed by atoms with Crippen molar-refractivity contribution in [2.24, 2.45) is 0 Å². The van der Waals surface area contributed by atoms with E-state index >= 15 is 0 Å². The van der Waals surface area contributed by atoms with Crippen molar-refractivity contribution in [2.75, 3.05) is 26.2 Å². The van der Waals surface area contributed by atoms with Gasteiger partial charge in [0.25, 0.3) is 5.91 Å². The van der Waals surface area contributed by atoms with Gasteiger partial charge in [-0.1, -0.05) is 103 Å². The normalized spacial score (nSPS) is 14.2. The summed E-state index contributed by atoms with van der Waals surface area (Å²) in [5, 5.41) is 3.12. The van der Waals surface area contributed by atoms with Crippen LogP contribution in [0, 0.1) is 0 Å². The van der Waals surface area contributed by atoms with Gasteiger partial charge >= 0.3 is 6.18 Å². The summed E-state index contributed by atoms with van der Waals surface area (Å²) in [7, 11) is 0. The quantitative estimate of drug-likeness (QED) is 0.149. The molecule has 47 heavy (non-hydrogen) atoms. The summed E-state index contributed by atoms with van der Waals surface area (Å²) in [6.45, 7) is 3.75. The Morgan fingerprint density at radius 3 is 2.02 bits per heavy atom. The van der Waals surface area contributed by atoms with Crippen molar-refractivity contribution in [2.45, 2.75) is 31.9 Å². The predicted octanol–water partition coefficient (Wildman–Crippen LogP) is 8.57. The third-order valence-corrected chi connectivity index (χ3v) is 9.39. The number of carbonyl (C=O) groups excluding carboxylic acids is 1. The van der Waals surface area contributed by atoms with Crippen LogP contribution in [0.1, 0.15) is 49.4 Å². The molecule has 1 aliphatic heterocycles. The number of rotatable bonds is 10. The highest BCUT2D eigenvalue weighted by molar-refractivity contribution is 7.09. The monoisotopic (exact) mass is 674 g/mol. The molecular weight excluding hydrogens is 641 g/mol. The largest absolute Gasteiger partial charge is 0.416 e. The first kappa shape index (κ1) is 32.9. The predicted molar refractivity (Wildman–Crippen MR) is 180 cm³/mol. The molecule has 1 aromatic heterocycles. The number of thiazole rings is 1. The number of amides is 1. The van der Waals surface area contributed by atoms with Crippen molar-refractivity contribution in [1.82, 2.24) is 19.7 Å². The van der Waals surface area contributed by atoms with Gasteiger partial charge in [-0.15, -0.1) is 11.3 Å². The first-order valence-corrected chi connectivity index (χ1v) is 16.7. The van der Waals surface area contributed by atoms with E-state index in [1.54, 1.807) is 23.6 Å². The molecule has 0 unspecified atom stereocenters. The highest BCUT2D eigenvalue weighted by Gasteiger charge is 2.31. The van der Waals surface area contributed by atoms with Gasteiger partial charge in [0.15, 0.2) is 0 Å². The van der Waals surface area contributed by atoms with Crippen LogP contribution in [-0.2, 0) is 25.8 Å². The van der Waals surface area contributed by atoms with E-state index in [0.29, 0.717) is 42.5 Å². The van der Waals surface area contributed by atoms with Crippen molar-refractivity contribution in [3.63, 3.8) is 0 Å². The first-order valence-electron chi connectivity index (χ1n) is 15.4. The highest BCUT2D eigenvalue weighted by Crippen LogP contribution is 2.31. The van der Waals surface area contributed by atoms with Crippen LogP contribution in [0.5, 0.6) is 0 Å². The third kappa shape index (κ3) is 8.48. The molecule has 0 atom stereocenters. The summed E-state index contributed by atoms with van der Waals surface area (Å²) in [5.74, 6) is -0.106. The Balaban J connectivity index is 1.13. The van der Waals surface area contributed by atoms with Crippen molar-refractivity contribution < 1.29 is 18.0 Å². The molecule has 242 valence electrons. The molecule has 5 nitrogen and oxygen atoms in total. The maximum Gasteiger partial charge on any atom is 0.416 e. The molecule has 0 radical (unpaired) electrons. The van der Waals surface area contributed by atoms with E-state index in [-0.39, 0.29) is 18.5 Å². The Morgan fingerprint density at radius 1 is 0.787 bits per heavy atom. The molecule has 0 aliphatic carbocycles. The van der Waals surface area contributed by atoms with Gasteiger partial charge in [-0.05, 0) is 40.5 Å². The van der Waals surface area contributed by atoms with E-state index in [4.69, 9.17) is 16.6 Å². The van der Waals surface area contributed by atoms with Gasteiger partial charge in [0.05, 0.1) is 18.2 Å². The van der Waals surface area contributed by atoms with Crippen LogP contribution in [0.3, 0.4) is 0 Å². The fourth-order valence-electron chi connectivity index (χ4n) is 6.02. The molecule has 2 heterocycles. The lowest BCUT2D eigenvalue weighted by Crippen LogP contribution is -2.50. The fraction of sp³-hybridized carbons (Fsp3) is 0.243. The average molecular weight is 675 g/mol. The number of piperazine rings is 1. The molecule has 0 N–H and O–H groups in total. The van der Waals surface area contributed by atoms with E-state index < -0.39 is 11.7 Å². The number of alkyl halides is 3. The zero-order valence-electron chi connectivity index (χ0n) is 25.6. The number of nitrogens with zero attached hydrogens (tertiary/aromatic N) is 4. The van der Waals surface area contributed by atoms with Gasteiger partial charge in [-0.3, -0.25) is 14.6 Å². The molecule has 1 saturated heterocycles. The molecule has 10 heteroatoms. The van der Waals surface area contributed by atoms with Crippen LogP contribution in [0.4, 0.5) is 13.2 Å². The zero-order chi connectivity index (χ0) is 32.8. The second-order valence-corrected chi connectivity index (χ2v) is 13.0. The van der Waals surface area contributed by atoms with Crippen molar-refractivity contribution >= 4 is 28.8 Å². The molecule has 1 aliphatic rings. The number of benzene rings is 4. The second kappa shape index (κ2) is 14.8. The number of halogens is 4. The lowest BCUT2D eigenvalue weighted by atomic mass is 9.96. The minimum absolute atomic E-state index is 0.101. The third-order valence-electron chi connectivity index (χ3n) is 8.31.